The molecule has 15 heteroatoms. The van der Waals surface area contributed by atoms with E-state index in [4.69, 9.17) is 18.9 Å². The number of esters is 1. The molecule has 1 fully saturated rings. The number of carboxylic acid groups (broad SMARTS) is 1. The standard InChI is InChI=1S/C24H36N4O11/c1-23(2,3)38-21(34)25-14(19(31)32)10-18(30)36-12-15-13(11-29)9-17(37-15)28-8-7-16(26-20(28)33)27-22(35)39-24(4,5)6/h7-8,13-15,17,29H,9-12H2,1-6H3,(H,25,34)(H,31,32)(H,26,27,33,35). The molecule has 0 spiro atoms. The molecule has 4 atom stereocenters. The zero-order valence-electron chi connectivity index (χ0n) is 22.8. The fraction of sp³-hybridized carbons (Fsp3) is 0.667. The molecular formula is C24H36N4O11. The largest absolute Gasteiger partial charge is 0.480 e. The first-order chi connectivity index (χ1) is 18.0. The van der Waals surface area contributed by atoms with E-state index in [0.717, 1.165) is 4.57 Å². The molecule has 218 valence electrons. The van der Waals surface area contributed by atoms with Gasteiger partial charge in [-0.2, -0.15) is 4.98 Å². The highest BCUT2D eigenvalue weighted by atomic mass is 16.6. The number of anilines is 1. The number of rotatable bonds is 9. The Bertz CT molecular complexity index is 1110. The third kappa shape index (κ3) is 10.5. The lowest BCUT2D eigenvalue weighted by Gasteiger charge is -2.22. The Hall–Kier alpha value is -3.72. The van der Waals surface area contributed by atoms with Crippen LogP contribution in [0.15, 0.2) is 17.1 Å². The number of amides is 2. The lowest BCUT2D eigenvalue weighted by molar-refractivity contribution is -0.153. The van der Waals surface area contributed by atoms with Crippen LogP contribution in [-0.2, 0) is 28.5 Å². The first kappa shape index (κ1) is 31.5. The van der Waals surface area contributed by atoms with Gasteiger partial charge in [0.05, 0.1) is 12.5 Å². The molecule has 2 amide bonds. The van der Waals surface area contributed by atoms with Crippen molar-refractivity contribution in [1.29, 1.82) is 0 Å². The SMILES string of the molecule is CC(C)(C)OC(=O)Nc1ccn(C2CC(CO)C(COC(=O)CC(NC(=O)OC(C)(C)C)C(=O)O)O2)c(=O)n1. The first-order valence-electron chi connectivity index (χ1n) is 12.2. The number of carbonyl (C=O) groups is 4. The molecule has 1 saturated heterocycles. The molecule has 39 heavy (non-hydrogen) atoms. The molecule has 0 bridgehead atoms. The number of alkyl carbamates (subject to hydrolysis) is 1. The van der Waals surface area contributed by atoms with Crippen LogP contribution in [0.2, 0.25) is 0 Å². The Labute approximate surface area is 224 Å². The lowest BCUT2D eigenvalue weighted by Crippen LogP contribution is -2.45. The molecule has 2 heterocycles. The number of nitrogens with one attached hydrogen (secondary N) is 2. The quantitative estimate of drug-likeness (QED) is 0.252. The lowest BCUT2D eigenvalue weighted by atomic mass is 10.0. The van der Waals surface area contributed by atoms with Crippen LogP contribution in [0.4, 0.5) is 15.4 Å². The number of aliphatic carboxylic acids is 1. The number of hydrogen-bond donors (Lipinski definition) is 4. The van der Waals surface area contributed by atoms with E-state index in [2.05, 4.69) is 15.6 Å². The van der Waals surface area contributed by atoms with Crippen LogP contribution in [-0.4, -0.2) is 80.5 Å². The third-order valence-corrected chi connectivity index (χ3v) is 5.13. The summed E-state index contributed by atoms with van der Waals surface area (Å²) in [6, 6.07) is -0.213. The molecule has 0 radical (unpaired) electrons. The van der Waals surface area contributed by atoms with Gasteiger partial charge < -0.3 is 34.5 Å². The van der Waals surface area contributed by atoms with Gasteiger partial charge in [0, 0.05) is 25.1 Å². The van der Waals surface area contributed by atoms with Crippen molar-refractivity contribution in [2.45, 2.75) is 84.0 Å². The van der Waals surface area contributed by atoms with Gasteiger partial charge in [-0.25, -0.2) is 19.2 Å². The molecule has 2 rings (SSSR count). The van der Waals surface area contributed by atoms with Crippen molar-refractivity contribution in [2.24, 2.45) is 5.92 Å². The highest BCUT2D eigenvalue weighted by Gasteiger charge is 2.37. The number of hydrogen-bond acceptors (Lipinski definition) is 11. The zero-order chi connectivity index (χ0) is 29.5. The maximum absolute atomic E-state index is 12.6. The van der Waals surface area contributed by atoms with Crippen LogP contribution < -0.4 is 16.3 Å². The molecule has 1 aromatic rings. The van der Waals surface area contributed by atoms with Crippen molar-refractivity contribution in [1.82, 2.24) is 14.9 Å². The normalized spacial score (nSPS) is 20.0. The summed E-state index contributed by atoms with van der Waals surface area (Å²) in [7, 11) is 0. The second-order valence-corrected chi connectivity index (χ2v) is 10.9. The summed E-state index contributed by atoms with van der Waals surface area (Å²) in [5.74, 6) is -2.93. The monoisotopic (exact) mass is 556 g/mol. The number of carbonyl (C=O) groups excluding carboxylic acids is 3. The maximum Gasteiger partial charge on any atom is 0.413 e. The Morgan fingerprint density at radius 2 is 1.74 bits per heavy atom. The Morgan fingerprint density at radius 1 is 1.13 bits per heavy atom. The predicted molar refractivity (Wildman–Crippen MR) is 134 cm³/mol. The summed E-state index contributed by atoms with van der Waals surface area (Å²) in [5.41, 5.74) is -2.34. The topological polar surface area (TPSA) is 205 Å². The van der Waals surface area contributed by atoms with Crippen molar-refractivity contribution in [3.05, 3.63) is 22.7 Å². The minimum atomic E-state index is -1.59. The fourth-order valence-electron chi connectivity index (χ4n) is 3.49. The smallest absolute Gasteiger partial charge is 0.413 e. The van der Waals surface area contributed by atoms with Crippen molar-refractivity contribution in [2.75, 3.05) is 18.5 Å². The van der Waals surface area contributed by atoms with Gasteiger partial charge in [-0.1, -0.05) is 0 Å². The van der Waals surface area contributed by atoms with E-state index in [9.17, 15) is 34.2 Å². The van der Waals surface area contributed by atoms with Gasteiger partial charge in [0.15, 0.2) is 0 Å². The number of nitrogens with zero attached hydrogens (tertiary/aromatic N) is 2. The van der Waals surface area contributed by atoms with Crippen LogP contribution in [0.25, 0.3) is 0 Å². The fourth-order valence-corrected chi connectivity index (χ4v) is 3.49. The molecule has 1 aromatic heterocycles. The molecule has 0 aliphatic carbocycles. The number of aliphatic hydroxyl groups is 1. The van der Waals surface area contributed by atoms with Gasteiger partial charge in [0.25, 0.3) is 0 Å². The van der Waals surface area contributed by atoms with Crippen molar-refractivity contribution >= 4 is 29.9 Å². The van der Waals surface area contributed by atoms with E-state index in [1.165, 1.54) is 12.3 Å². The average Bonchev–Trinajstić information content (AvgIpc) is 3.17. The Morgan fingerprint density at radius 3 is 2.28 bits per heavy atom. The zero-order valence-corrected chi connectivity index (χ0v) is 22.8. The Balaban J connectivity index is 1.96. The number of carboxylic acids is 1. The third-order valence-electron chi connectivity index (χ3n) is 5.13. The van der Waals surface area contributed by atoms with E-state index >= 15 is 0 Å². The van der Waals surface area contributed by atoms with Crippen LogP contribution in [0.5, 0.6) is 0 Å². The molecule has 0 saturated carbocycles. The van der Waals surface area contributed by atoms with Crippen molar-refractivity contribution in [3.8, 4) is 0 Å². The van der Waals surface area contributed by atoms with E-state index in [1.807, 2.05) is 0 Å². The van der Waals surface area contributed by atoms with Gasteiger partial charge in [0.2, 0.25) is 0 Å². The van der Waals surface area contributed by atoms with Gasteiger partial charge in [-0.3, -0.25) is 14.7 Å². The van der Waals surface area contributed by atoms with Gasteiger partial charge in [0.1, 0.15) is 35.9 Å². The number of aromatic nitrogens is 2. The van der Waals surface area contributed by atoms with Crippen LogP contribution in [0.1, 0.15) is 60.6 Å². The summed E-state index contributed by atoms with van der Waals surface area (Å²) >= 11 is 0. The van der Waals surface area contributed by atoms with E-state index in [1.54, 1.807) is 41.5 Å². The molecule has 15 nitrogen and oxygen atoms in total. The second kappa shape index (κ2) is 12.9. The minimum Gasteiger partial charge on any atom is -0.480 e. The van der Waals surface area contributed by atoms with Gasteiger partial charge in [-0.15, -0.1) is 0 Å². The molecular weight excluding hydrogens is 520 g/mol. The van der Waals surface area contributed by atoms with E-state index in [-0.39, 0.29) is 25.5 Å². The van der Waals surface area contributed by atoms with E-state index in [0.29, 0.717) is 0 Å². The summed E-state index contributed by atoms with van der Waals surface area (Å²) in [6.07, 6.45) is -2.56. The molecule has 1 aliphatic rings. The summed E-state index contributed by atoms with van der Waals surface area (Å²) in [4.78, 5) is 63.9. The average molecular weight is 557 g/mol. The highest BCUT2D eigenvalue weighted by molar-refractivity contribution is 5.85. The predicted octanol–water partition coefficient (Wildman–Crippen LogP) is 1.40. The minimum absolute atomic E-state index is 0.0272. The molecule has 4 N–H and O–H groups in total. The maximum atomic E-state index is 12.6. The van der Waals surface area contributed by atoms with Crippen LogP contribution >= 0.6 is 0 Å². The highest BCUT2D eigenvalue weighted by Crippen LogP contribution is 2.32. The second-order valence-electron chi connectivity index (χ2n) is 10.9. The molecule has 1 aliphatic heterocycles. The van der Waals surface area contributed by atoms with Gasteiger partial charge >= 0.3 is 29.8 Å². The Kier molecular flexibility index (Phi) is 10.4. The van der Waals surface area contributed by atoms with Crippen molar-refractivity contribution < 1.29 is 48.3 Å². The first-order valence-corrected chi connectivity index (χ1v) is 12.2. The van der Waals surface area contributed by atoms with Gasteiger partial charge in [-0.05, 0) is 47.6 Å². The molecule has 4 unspecified atom stereocenters. The van der Waals surface area contributed by atoms with Crippen molar-refractivity contribution in [3.63, 3.8) is 0 Å². The number of ether oxygens (including phenoxy) is 4. The van der Waals surface area contributed by atoms with Crippen LogP contribution in [0.3, 0.4) is 0 Å². The summed E-state index contributed by atoms with van der Waals surface area (Å²) in [6.45, 7) is 9.19. The molecule has 0 aromatic carbocycles. The number of aliphatic hydroxyl groups excluding tert-OH is 1. The van der Waals surface area contributed by atoms with Crippen LogP contribution in [0, 0.1) is 5.92 Å². The summed E-state index contributed by atoms with van der Waals surface area (Å²) in [5, 5.41) is 23.6. The summed E-state index contributed by atoms with van der Waals surface area (Å²) < 4.78 is 22.2. The van der Waals surface area contributed by atoms with E-state index < -0.39 is 71.7 Å².